The van der Waals surface area contributed by atoms with E-state index in [-0.39, 0.29) is 18.7 Å². The summed E-state index contributed by atoms with van der Waals surface area (Å²) in [5.74, 6) is 0.436. The first-order valence-corrected chi connectivity index (χ1v) is 6.59. The van der Waals surface area contributed by atoms with Gasteiger partial charge in [-0.3, -0.25) is 10.1 Å². The van der Waals surface area contributed by atoms with Crippen molar-refractivity contribution in [2.24, 2.45) is 0 Å². The number of nitro benzene ring substituents is 1. The van der Waals surface area contributed by atoms with Gasteiger partial charge in [-0.2, -0.15) is 13.2 Å². The van der Waals surface area contributed by atoms with Crippen molar-refractivity contribution in [2.45, 2.75) is 18.6 Å². The van der Waals surface area contributed by atoms with E-state index in [0.717, 1.165) is 6.07 Å². The van der Waals surface area contributed by atoms with Gasteiger partial charge in [0, 0.05) is 18.4 Å². The predicted octanol–water partition coefficient (Wildman–Crippen LogP) is 3.74. The number of anilines is 1. The van der Waals surface area contributed by atoms with Crippen molar-refractivity contribution in [2.75, 3.05) is 11.9 Å². The average molecular weight is 330 g/mol. The molecular weight excluding hydrogens is 317 g/mol. The lowest BCUT2D eigenvalue weighted by molar-refractivity contribution is -0.388. The van der Waals surface area contributed by atoms with Crippen LogP contribution in [-0.4, -0.2) is 16.6 Å². The Morgan fingerprint density at radius 2 is 2.09 bits per heavy atom. The number of hydrogen-bond donors (Lipinski definition) is 2. The van der Waals surface area contributed by atoms with Gasteiger partial charge < -0.3 is 14.8 Å². The van der Waals surface area contributed by atoms with Crippen molar-refractivity contribution in [1.82, 2.24) is 0 Å². The molecule has 0 spiro atoms. The number of aliphatic hydroxyl groups is 1. The smallest absolute Gasteiger partial charge is 0.423 e. The molecule has 2 rings (SSSR count). The summed E-state index contributed by atoms with van der Waals surface area (Å²) in [5.41, 5.74) is -2.31. The molecule has 6 nitrogen and oxygen atoms in total. The molecule has 0 aliphatic carbocycles. The summed E-state index contributed by atoms with van der Waals surface area (Å²) in [4.78, 5) is 9.65. The Labute approximate surface area is 128 Å². The van der Waals surface area contributed by atoms with E-state index in [0.29, 0.717) is 11.8 Å². The molecule has 0 saturated heterocycles. The molecule has 1 aromatic carbocycles. The van der Waals surface area contributed by atoms with Crippen LogP contribution in [0.2, 0.25) is 0 Å². The fraction of sp³-hybridized carbons (Fsp3) is 0.286. The normalized spacial score (nSPS) is 12.9. The Bertz CT molecular complexity index is 671. The lowest BCUT2D eigenvalue weighted by atomic mass is 10.1. The molecule has 1 unspecified atom stereocenters. The van der Waals surface area contributed by atoms with Crippen LogP contribution in [0, 0.1) is 10.1 Å². The van der Waals surface area contributed by atoms with Crippen LogP contribution in [0.15, 0.2) is 41.0 Å². The monoisotopic (exact) mass is 330 g/mol. The Kier molecular flexibility index (Phi) is 4.89. The summed E-state index contributed by atoms with van der Waals surface area (Å²) in [6.45, 7) is -0.211. The fourth-order valence-corrected chi connectivity index (χ4v) is 2.12. The first-order valence-electron chi connectivity index (χ1n) is 6.59. The highest BCUT2D eigenvalue weighted by atomic mass is 19.4. The predicted molar refractivity (Wildman–Crippen MR) is 74.9 cm³/mol. The summed E-state index contributed by atoms with van der Waals surface area (Å²) in [6, 6.07) is 5.31. The minimum Gasteiger partial charge on any atom is -0.467 e. The van der Waals surface area contributed by atoms with E-state index in [1.54, 1.807) is 12.1 Å². The minimum atomic E-state index is -4.85. The summed E-state index contributed by atoms with van der Waals surface area (Å²) >= 11 is 0. The van der Waals surface area contributed by atoms with Gasteiger partial charge in [-0.1, -0.05) is 0 Å². The highest BCUT2D eigenvalue weighted by Gasteiger charge is 2.38. The van der Waals surface area contributed by atoms with Gasteiger partial charge in [0.15, 0.2) is 0 Å². The Morgan fingerprint density at radius 3 is 2.61 bits per heavy atom. The largest absolute Gasteiger partial charge is 0.467 e. The number of halogens is 3. The van der Waals surface area contributed by atoms with Gasteiger partial charge in [-0.15, -0.1) is 0 Å². The van der Waals surface area contributed by atoms with Crippen molar-refractivity contribution in [3.63, 3.8) is 0 Å². The van der Waals surface area contributed by atoms with Gasteiger partial charge in [0.2, 0.25) is 0 Å². The van der Waals surface area contributed by atoms with Crippen molar-refractivity contribution in [3.05, 3.63) is 58.0 Å². The number of nitrogens with one attached hydrogen (secondary N) is 1. The summed E-state index contributed by atoms with van der Waals surface area (Å²) in [6.07, 6.45) is -3.25. The second kappa shape index (κ2) is 6.69. The maximum Gasteiger partial charge on any atom is 0.423 e. The molecule has 0 radical (unpaired) electrons. The van der Waals surface area contributed by atoms with Gasteiger partial charge >= 0.3 is 6.18 Å². The third kappa shape index (κ3) is 4.01. The molecule has 1 aromatic heterocycles. The van der Waals surface area contributed by atoms with E-state index in [9.17, 15) is 23.3 Å². The molecule has 1 atom stereocenters. The zero-order chi connectivity index (χ0) is 17.0. The molecule has 23 heavy (non-hydrogen) atoms. The maximum absolute atomic E-state index is 13.0. The first kappa shape index (κ1) is 16.8. The van der Waals surface area contributed by atoms with Crippen LogP contribution in [0.4, 0.5) is 24.5 Å². The SMILES string of the molecule is O=[N+]([O-])c1ccc(NC(CCO)c2ccco2)cc1C(F)(F)F. The van der Waals surface area contributed by atoms with E-state index >= 15 is 0 Å². The van der Waals surface area contributed by atoms with Crippen molar-refractivity contribution < 1.29 is 27.6 Å². The number of rotatable bonds is 6. The third-order valence-electron chi connectivity index (χ3n) is 3.14. The maximum atomic E-state index is 13.0. The van der Waals surface area contributed by atoms with E-state index in [4.69, 9.17) is 9.52 Å². The number of benzene rings is 1. The van der Waals surface area contributed by atoms with E-state index in [2.05, 4.69) is 5.32 Å². The summed E-state index contributed by atoms with van der Waals surface area (Å²) in [7, 11) is 0. The Hall–Kier alpha value is -2.55. The number of furan rings is 1. The molecule has 0 saturated carbocycles. The van der Waals surface area contributed by atoms with Crippen LogP contribution in [0.1, 0.15) is 23.8 Å². The van der Waals surface area contributed by atoms with Crippen LogP contribution in [0.3, 0.4) is 0 Å². The molecule has 2 N–H and O–H groups in total. The third-order valence-corrected chi connectivity index (χ3v) is 3.14. The molecule has 2 aromatic rings. The number of nitro groups is 1. The molecule has 0 amide bonds. The second-order valence-corrected chi connectivity index (χ2v) is 4.71. The fourth-order valence-electron chi connectivity index (χ4n) is 2.12. The standard InChI is InChI=1S/C14H13F3N2O4/c15-14(16,17)10-8-9(3-4-12(10)19(21)22)18-11(5-6-20)13-2-1-7-23-13/h1-4,7-8,11,18,20H,5-6H2. The number of alkyl halides is 3. The highest BCUT2D eigenvalue weighted by molar-refractivity contribution is 5.55. The van der Waals surface area contributed by atoms with Gasteiger partial charge in [0.25, 0.3) is 5.69 Å². The molecule has 0 aliphatic rings. The summed E-state index contributed by atoms with van der Waals surface area (Å²) < 4.78 is 44.0. The van der Waals surface area contributed by atoms with Crippen molar-refractivity contribution in [1.29, 1.82) is 0 Å². The number of aliphatic hydroxyl groups excluding tert-OH is 1. The zero-order valence-electron chi connectivity index (χ0n) is 11.7. The number of hydrogen-bond acceptors (Lipinski definition) is 5. The van der Waals surface area contributed by atoms with Gasteiger partial charge in [0.05, 0.1) is 17.2 Å². The van der Waals surface area contributed by atoms with Gasteiger partial charge in [-0.05, 0) is 30.7 Å². The van der Waals surface area contributed by atoms with E-state index in [1.165, 1.54) is 12.3 Å². The van der Waals surface area contributed by atoms with Crippen molar-refractivity contribution in [3.8, 4) is 0 Å². The quantitative estimate of drug-likeness (QED) is 0.622. The lowest BCUT2D eigenvalue weighted by Gasteiger charge is -2.18. The molecule has 0 aliphatic heterocycles. The molecule has 124 valence electrons. The zero-order valence-corrected chi connectivity index (χ0v) is 11.7. The average Bonchev–Trinajstić information content (AvgIpc) is 2.99. The van der Waals surface area contributed by atoms with Crippen molar-refractivity contribution >= 4 is 11.4 Å². The molecule has 9 heteroatoms. The van der Waals surface area contributed by atoms with E-state index < -0.39 is 28.4 Å². The van der Waals surface area contributed by atoms with Crippen LogP contribution in [0.5, 0.6) is 0 Å². The highest BCUT2D eigenvalue weighted by Crippen LogP contribution is 2.38. The van der Waals surface area contributed by atoms with Crippen LogP contribution in [0.25, 0.3) is 0 Å². The topological polar surface area (TPSA) is 88.5 Å². The van der Waals surface area contributed by atoms with E-state index in [1.807, 2.05) is 0 Å². The number of nitrogens with zero attached hydrogens (tertiary/aromatic N) is 1. The first-order chi connectivity index (χ1) is 10.8. The van der Waals surface area contributed by atoms with Gasteiger partial charge in [0.1, 0.15) is 11.3 Å². The Morgan fingerprint density at radius 1 is 1.35 bits per heavy atom. The van der Waals surface area contributed by atoms with Crippen LogP contribution < -0.4 is 5.32 Å². The second-order valence-electron chi connectivity index (χ2n) is 4.71. The molecule has 1 heterocycles. The van der Waals surface area contributed by atoms with Crippen LogP contribution in [-0.2, 0) is 6.18 Å². The molecule has 0 bridgehead atoms. The lowest BCUT2D eigenvalue weighted by Crippen LogP contribution is -2.14. The van der Waals surface area contributed by atoms with Gasteiger partial charge in [-0.25, -0.2) is 0 Å². The molecule has 0 fully saturated rings. The minimum absolute atomic E-state index is 0.0396. The molecular formula is C14H13F3N2O4. The Balaban J connectivity index is 2.34. The summed E-state index contributed by atoms with van der Waals surface area (Å²) in [5, 5.41) is 22.6. The van der Waals surface area contributed by atoms with Crippen LogP contribution >= 0.6 is 0 Å².